The number of benzene rings is 1. The summed E-state index contributed by atoms with van der Waals surface area (Å²) in [5, 5.41) is 1.79. The fourth-order valence-corrected chi connectivity index (χ4v) is 1.93. The van der Waals surface area contributed by atoms with Crippen molar-refractivity contribution in [3.8, 4) is 11.3 Å². The van der Waals surface area contributed by atoms with E-state index in [4.69, 9.17) is 11.6 Å². The van der Waals surface area contributed by atoms with E-state index >= 15 is 0 Å². The van der Waals surface area contributed by atoms with Gasteiger partial charge in [-0.15, -0.1) is 0 Å². The molecule has 0 unspecified atom stereocenters. The van der Waals surface area contributed by atoms with Gasteiger partial charge in [0.1, 0.15) is 0 Å². The highest BCUT2D eigenvalue weighted by atomic mass is 35.5. The zero-order valence-corrected chi connectivity index (χ0v) is 9.72. The minimum Gasteiger partial charge on any atom is -0.256 e. The molecule has 3 aromatic rings. The number of rotatable bonds is 1. The van der Waals surface area contributed by atoms with Crippen LogP contribution in [0.1, 0.15) is 0 Å². The molecule has 0 saturated heterocycles. The topological polar surface area (TPSA) is 25.8 Å². The van der Waals surface area contributed by atoms with Gasteiger partial charge in [0.15, 0.2) is 0 Å². The normalized spacial score (nSPS) is 10.6. The van der Waals surface area contributed by atoms with Crippen LogP contribution in [0, 0.1) is 0 Å². The van der Waals surface area contributed by atoms with E-state index in [-0.39, 0.29) is 0 Å². The number of para-hydroxylation sites is 1. The number of halogens is 1. The van der Waals surface area contributed by atoms with Crippen LogP contribution in [-0.4, -0.2) is 9.97 Å². The number of fused-ring (bicyclic) bond motifs is 1. The molecule has 0 aliphatic carbocycles. The van der Waals surface area contributed by atoms with Gasteiger partial charge in [-0.3, -0.25) is 9.97 Å². The lowest BCUT2D eigenvalue weighted by Crippen LogP contribution is -1.85. The van der Waals surface area contributed by atoms with Gasteiger partial charge in [0.2, 0.25) is 0 Å². The average molecular weight is 241 g/mol. The van der Waals surface area contributed by atoms with Crippen LogP contribution in [0.5, 0.6) is 0 Å². The monoisotopic (exact) mass is 240 g/mol. The summed E-state index contributed by atoms with van der Waals surface area (Å²) in [7, 11) is 0. The molecule has 0 aliphatic heterocycles. The van der Waals surface area contributed by atoms with Crippen molar-refractivity contribution < 1.29 is 0 Å². The molecule has 0 spiro atoms. The molecule has 0 radical (unpaired) electrons. The van der Waals surface area contributed by atoms with Gasteiger partial charge in [-0.1, -0.05) is 29.8 Å². The summed E-state index contributed by atoms with van der Waals surface area (Å²) >= 11 is 5.95. The average Bonchev–Trinajstić information content (AvgIpc) is 2.38. The lowest BCUT2D eigenvalue weighted by molar-refractivity contribution is 1.31. The van der Waals surface area contributed by atoms with Crippen LogP contribution in [0.15, 0.2) is 54.9 Å². The van der Waals surface area contributed by atoms with Crippen molar-refractivity contribution in [3.05, 3.63) is 59.9 Å². The van der Waals surface area contributed by atoms with E-state index in [0.717, 1.165) is 22.2 Å². The summed E-state index contributed by atoms with van der Waals surface area (Å²) in [4.78, 5) is 8.70. The fourth-order valence-electron chi connectivity index (χ4n) is 1.77. The summed E-state index contributed by atoms with van der Waals surface area (Å²) in [6.07, 6.45) is 3.52. The quantitative estimate of drug-likeness (QED) is 0.644. The highest BCUT2D eigenvalue weighted by molar-refractivity contribution is 6.30. The molecule has 0 saturated carbocycles. The Morgan fingerprint density at radius 3 is 2.71 bits per heavy atom. The van der Waals surface area contributed by atoms with E-state index in [9.17, 15) is 0 Å². The van der Waals surface area contributed by atoms with E-state index < -0.39 is 0 Å². The van der Waals surface area contributed by atoms with E-state index in [1.54, 1.807) is 12.3 Å². The predicted octanol–water partition coefficient (Wildman–Crippen LogP) is 3.95. The molecule has 17 heavy (non-hydrogen) atoms. The number of hydrogen-bond donors (Lipinski definition) is 0. The second-order valence-electron chi connectivity index (χ2n) is 3.78. The SMILES string of the molecule is Clc1ccnc(-c2cnc3ccccc3c2)c1. The Morgan fingerprint density at radius 1 is 0.941 bits per heavy atom. The van der Waals surface area contributed by atoms with Crippen molar-refractivity contribution >= 4 is 22.5 Å². The van der Waals surface area contributed by atoms with Gasteiger partial charge in [-0.2, -0.15) is 0 Å². The molecule has 1 aromatic carbocycles. The third kappa shape index (κ3) is 1.99. The number of nitrogens with zero attached hydrogens (tertiary/aromatic N) is 2. The van der Waals surface area contributed by atoms with Crippen molar-refractivity contribution in [2.24, 2.45) is 0 Å². The first-order chi connectivity index (χ1) is 8.33. The maximum absolute atomic E-state index is 5.95. The van der Waals surface area contributed by atoms with Crippen molar-refractivity contribution in [1.29, 1.82) is 0 Å². The van der Waals surface area contributed by atoms with E-state index in [1.165, 1.54) is 0 Å². The number of pyridine rings is 2. The molecule has 0 atom stereocenters. The van der Waals surface area contributed by atoms with Crippen LogP contribution in [0.25, 0.3) is 22.2 Å². The van der Waals surface area contributed by atoms with Gasteiger partial charge < -0.3 is 0 Å². The lowest BCUT2D eigenvalue weighted by Gasteiger charge is -2.02. The van der Waals surface area contributed by atoms with Crippen LogP contribution in [0.4, 0.5) is 0 Å². The Bertz CT molecular complexity index is 680. The number of hydrogen-bond acceptors (Lipinski definition) is 2. The second-order valence-corrected chi connectivity index (χ2v) is 4.21. The van der Waals surface area contributed by atoms with Crippen molar-refractivity contribution in [1.82, 2.24) is 9.97 Å². The second kappa shape index (κ2) is 4.15. The van der Waals surface area contributed by atoms with Gasteiger partial charge >= 0.3 is 0 Å². The molecule has 0 fully saturated rings. The predicted molar refractivity (Wildman–Crippen MR) is 70.0 cm³/mol. The standard InChI is InChI=1S/C14H9ClN2/c15-12-5-6-16-14(8-12)11-7-10-3-1-2-4-13(10)17-9-11/h1-9H. The Kier molecular flexibility index (Phi) is 2.50. The van der Waals surface area contributed by atoms with E-state index in [0.29, 0.717) is 5.02 Å². The first-order valence-electron chi connectivity index (χ1n) is 5.30. The Balaban J connectivity index is 2.18. The third-order valence-electron chi connectivity index (χ3n) is 2.61. The molecule has 2 heterocycles. The number of aromatic nitrogens is 2. The first-order valence-corrected chi connectivity index (χ1v) is 5.67. The molecular weight excluding hydrogens is 232 g/mol. The van der Waals surface area contributed by atoms with Crippen LogP contribution < -0.4 is 0 Å². The van der Waals surface area contributed by atoms with Crippen LogP contribution in [0.2, 0.25) is 5.02 Å². The lowest BCUT2D eigenvalue weighted by atomic mass is 10.1. The minimum atomic E-state index is 0.683. The zero-order valence-electron chi connectivity index (χ0n) is 8.97. The maximum atomic E-state index is 5.95. The molecule has 82 valence electrons. The molecule has 3 rings (SSSR count). The van der Waals surface area contributed by atoms with Gasteiger partial charge in [-0.25, -0.2) is 0 Å². The molecule has 2 nitrogen and oxygen atoms in total. The van der Waals surface area contributed by atoms with E-state index in [2.05, 4.69) is 16.0 Å². The Hall–Kier alpha value is -1.93. The van der Waals surface area contributed by atoms with Gasteiger partial charge in [0.05, 0.1) is 11.2 Å². The third-order valence-corrected chi connectivity index (χ3v) is 2.84. The van der Waals surface area contributed by atoms with Crippen molar-refractivity contribution in [2.75, 3.05) is 0 Å². The van der Waals surface area contributed by atoms with E-state index in [1.807, 2.05) is 36.5 Å². The maximum Gasteiger partial charge on any atom is 0.0732 e. The van der Waals surface area contributed by atoms with Gasteiger partial charge in [0, 0.05) is 28.4 Å². The van der Waals surface area contributed by atoms with Gasteiger partial charge in [0.25, 0.3) is 0 Å². The fraction of sp³-hybridized carbons (Fsp3) is 0. The Labute approximate surface area is 104 Å². The summed E-state index contributed by atoms with van der Waals surface area (Å²) in [5.74, 6) is 0. The smallest absolute Gasteiger partial charge is 0.0732 e. The minimum absolute atomic E-state index is 0.683. The zero-order chi connectivity index (χ0) is 11.7. The van der Waals surface area contributed by atoms with Crippen LogP contribution in [0.3, 0.4) is 0 Å². The Morgan fingerprint density at radius 2 is 1.82 bits per heavy atom. The highest BCUT2D eigenvalue weighted by Crippen LogP contribution is 2.22. The largest absolute Gasteiger partial charge is 0.256 e. The summed E-state index contributed by atoms with van der Waals surface area (Å²) in [6, 6.07) is 13.7. The van der Waals surface area contributed by atoms with Gasteiger partial charge in [-0.05, 0) is 24.3 Å². The molecular formula is C14H9ClN2. The van der Waals surface area contributed by atoms with Crippen molar-refractivity contribution in [3.63, 3.8) is 0 Å². The first kappa shape index (κ1) is 10.2. The van der Waals surface area contributed by atoms with Crippen LogP contribution >= 0.6 is 11.6 Å². The molecule has 0 N–H and O–H groups in total. The van der Waals surface area contributed by atoms with Crippen LogP contribution in [-0.2, 0) is 0 Å². The van der Waals surface area contributed by atoms with Crippen molar-refractivity contribution in [2.45, 2.75) is 0 Å². The molecule has 0 aliphatic rings. The summed E-state index contributed by atoms with van der Waals surface area (Å²) < 4.78 is 0. The molecule has 3 heteroatoms. The molecule has 2 aromatic heterocycles. The highest BCUT2D eigenvalue weighted by Gasteiger charge is 2.02. The summed E-state index contributed by atoms with van der Waals surface area (Å²) in [6.45, 7) is 0. The molecule has 0 amide bonds. The molecule has 0 bridgehead atoms. The summed E-state index contributed by atoms with van der Waals surface area (Å²) in [5.41, 5.74) is 2.81.